The van der Waals surface area contributed by atoms with Gasteiger partial charge in [-0.2, -0.15) is 0 Å². The van der Waals surface area contributed by atoms with Gasteiger partial charge in [-0.15, -0.1) is 10.2 Å². The van der Waals surface area contributed by atoms with Gasteiger partial charge in [-0.3, -0.25) is 4.79 Å². The second kappa shape index (κ2) is 11.0. The number of carbonyl (C=O) groups excluding carboxylic acids is 2. The van der Waals surface area contributed by atoms with Crippen LogP contribution in [0.5, 0.6) is 17.2 Å². The van der Waals surface area contributed by atoms with Crippen LogP contribution in [0.25, 0.3) is 0 Å². The molecule has 184 valence electrons. The molecule has 4 rings (SSSR count). The van der Waals surface area contributed by atoms with Gasteiger partial charge < -0.3 is 29.7 Å². The van der Waals surface area contributed by atoms with Gasteiger partial charge in [-0.05, 0) is 49.2 Å². The van der Waals surface area contributed by atoms with Gasteiger partial charge in [0.25, 0.3) is 5.91 Å². The van der Waals surface area contributed by atoms with Gasteiger partial charge in [-0.25, -0.2) is 4.79 Å². The third kappa shape index (κ3) is 5.80. The number of hydrogen-bond acceptors (Lipinski definition) is 8. The molecule has 1 atom stereocenters. The van der Waals surface area contributed by atoms with Gasteiger partial charge in [0.2, 0.25) is 5.01 Å². The van der Waals surface area contributed by atoms with E-state index >= 15 is 0 Å². The minimum absolute atomic E-state index is 0.00161. The first-order valence-electron chi connectivity index (χ1n) is 11.1. The van der Waals surface area contributed by atoms with Crippen LogP contribution in [-0.4, -0.2) is 61.5 Å². The van der Waals surface area contributed by atoms with Crippen molar-refractivity contribution >= 4 is 34.6 Å². The van der Waals surface area contributed by atoms with Crippen molar-refractivity contribution in [2.24, 2.45) is 0 Å². The van der Waals surface area contributed by atoms with Crippen molar-refractivity contribution < 1.29 is 23.8 Å². The summed E-state index contributed by atoms with van der Waals surface area (Å²) in [6.07, 6.45) is 1.68. The molecule has 3 aromatic rings. The Labute approximate surface area is 207 Å². The van der Waals surface area contributed by atoms with E-state index < -0.39 is 0 Å². The smallest absolute Gasteiger partial charge is 0.321 e. The molecule has 2 heterocycles. The number of hydrogen-bond donors (Lipinski definition) is 2. The van der Waals surface area contributed by atoms with Crippen molar-refractivity contribution in [1.29, 1.82) is 0 Å². The van der Waals surface area contributed by atoms with Crippen LogP contribution in [0.2, 0.25) is 0 Å². The number of carbonyl (C=O) groups is 2. The molecular formula is C24H27N5O5S. The lowest BCUT2D eigenvalue weighted by Crippen LogP contribution is -2.41. The van der Waals surface area contributed by atoms with Crippen LogP contribution in [0.15, 0.2) is 42.5 Å². The fourth-order valence-corrected chi connectivity index (χ4v) is 4.68. The first kappa shape index (κ1) is 24.3. The Morgan fingerprint density at radius 3 is 2.43 bits per heavy atom. The van der Waals surface area contributed by atoms with Gasteiger partial charge in [0.1, 0.15) is 22.3 Å². The molecule has 35 heavy (non-hydrogen) atoms. The number of methoxy groups -OCH3 is 3. The SMILES string of the molecule is COc1ccc(NC(=O)c2nnc(C3CCCN(C(=O)Nc4cc(OC)ccc4OC)C3)s2)cc1. The third-order valence-corrected chi connectivity index (χ3v) is 6.77. The molecule has 1 aromatic heterocycles. The Bertz CT molecular complexity index is 1180. The molecular weight excluding hydrogens is 470 g/mol. The van der Waals surface area contributed by atoms with Gasteiger partial charge in [0.05, 0.1) is 27.0 Å². The van der Waals surface area contributed by atoms with Crippen molar-refractivity contribution in [2.45, 2.75) is 18.8 Å². The number of nitrogens with zero attached hydrogens (tertiary/aromatic N) is 3. The second-order valence-corrected chi connectivity index (χ2v) is 8.92. The number of amides is 3. The number of likely N-dealkylation sites (tertiary alicyclic amines) is 1. The van der Waals surface area contributed by atoms with Crippen molar-refractivity contribution in [1.82, 2.24) is 15.1 Å². The predicted molar refractivity (Wildman–Crippen MR) is 133 cm³/mol. The molecule has 1 fully saturated rings. The number of ether oxygens (including phenoxy) is 3. The lowest BCUT2D eigenvalue weighted by atomic mass is 9.99. The molecule has 0 aliphatic carbocycles. The van der Waals surface area contributed by atoms with E-state index in [2.05, 4.69) is 20.8 Å². The Morgan fingerprint density at radius 1 is 0.971 bits per heavy atom. The van der Waals surface area contributed by atoms with E-state index in [1.807, 2.05) is 0 Å². The van der Waals surface area contributed by atoms with Crippen LogP contribution in [0.3, 0.4) is 0 Å². The summed E-state index contributed by atoms with van der Waals surface area (Å²) in [7, 11) is 4.70. The van der Waals surface area contributed by atoms with E-state index in [4.69, 9.17) is 14.2 Å². The summed E-state index contributed by atoms with van der Waals surface area (Å²) in [4.78, 5) is 27.4. The van der Waals surface area contributed by atoms with Gasteiger partial charge in [0.15, 0.2) is 0 Å². The van der Waals surface area contributed by atoms with E-state index in [9.17, 15) is 9.59 Å². The number of piperidine rings is 1. The number of urea groups is 1. The fourth-order valence-electron chi connectivity index (χ4n) is 3.82. The molecule has 2 N–H and O–H groups in total. The quantitative estimate of drug-likeness (QED) is 0.502. The van der Waals surface area contributed by atoms with E-state index in [0.717, 1.165) is 17.8 Å². The highest BCUT2D eigenvalue weighted by molar-refractivity contribution is 7.13. The largest absolute Gasteiger partial charge is 0.497 e. The van der Waals surface area contributed by atoms with Crippen molar-refractivity contribution in [2.75, 3.05) is 45.1 Å². The normalized spacial score (nSPS) is 15.3. The topological polar surface area (TPSA) is 115 Å². The lowest BCUT2D eigenvalue weighted by molar-refractivity contribution is 0.102. The minimum atomic E-state index is -0.325. The summed E-state index contributed by atoms with van der Waals surface area (Å²) < 4.78 is 15.7. The average Bonchev–Trinajstić information content (AvgIpc) is 3.40. The second-order valence-electron chi connectivity index (χ2n) is 7.91. The van der Waals surface area contributed by atoms with Gasteiger partial charge >= 0.3 is 6.03 Å². The highest BCUT2D eigenvalue weighted by Crippen LogP contribution is 2.32. The molecule has 2 aromatic carbocycles. The first-order valence-corrected chi connectivity index (χ1v) is 11.9. The molecule has 11 heteroatoms. The van der Waals surface area contributed by atoms with Gasteiger partial charge in [0, 0.05) is 30.8 Å². The van der Waals surface area contributed by atoms with Crippen LogP contribution >= 0.6 is 11.3 Å². The molecule has 0 bridgehead atoms. The van der Waals surface area contributed by atoms with Crippen LogP contribution in [0, 0.1) is 0 Å². The zero-order chi connectivity index (χ0) is 24.8. The van der Waals surface area contributed by atoms with E-state index in [1.54, 1.807) is 68.7 Å². The van der Waals surface area contributed by atoms with Crippen molar-refractivity contribution in [3.8, 4) is 17.2 Å². The number of benzene rings is 2. The van der Waals surface area contributed by atoms with E-state index in [-0.39, 0.29) is 22.9 Å². The van der Waals surface area contributed by atoms with Crippen LogP contribution in [0.4, 0.5) is 16.2 Å². The highest BCUT2D eigenvalue weighted by atomic mass is 32.1. The molecule has 1 unspecified atom stereocenters. The summed E-state index contributed by atoms with van der Waals surface area (Å²) in [5.41, 5.74) is 1.17. The van der Waals surface area contributed by atoms with Crippen molar-refractivity contribution in [3.05, 3.63) is 52.5 Å². The number of anilines is 2. The average molecular weight is 498 g/mol. The summed E-state index contributed by atoms with van der Waals surface area (Å²) in [6, 6.07) is 12.0. The maximum absolute atomic E-state index is 13.0. The monoisotopic (exact) mass is 497 g/mol. The number of rotatable bonds is 7. The summed E-state index contributed by atoms with van der Waals surface area (Å²) >= 11 is 1.25. The summed E-state index contributed by atoms with van der Waals surface area (Å²) in [6.45, 7) is 1.10. The molecule has 0 radical (unpaired) electrons. The van der Waals surface area contributed by atoms with Crippen molar-refractivity contribution in [3.63, 3.8) is 0 Å². The molecule has 0 spiro atoms. The Hall–Kier alpha value is -3.86. The van der Waals surface area contributed by atoms with Crippen LogP contribution in [-0.2, 0) is 0 Å². The Balaban J connectivity index is 1.39. The zero-order valence-electron chi connectivity index (χ0n) is 19.7. The van der Waals surface area contributed by atoms with E-state index in [1.165, 1.54) is 11.3 Å². The first-order chi connectivity index (χ1) is 17.0. The minimum Gasteiger partial charge on any atom is -0.497 e. The molecule has 10 nitrogen and oxygen atoms in total. The summed E-state index contributed by atoms with van der Waals surface area (Å²) in [5.74, 6) is 1.55. The Kier molecular flexibility index (Phi) is 7.66. The van der Waals surface area contributed by atoms with Gasteiger partial charge in [-0.1, -0.05) is 11.3 Å². The molecule has 0 saturated carbocycles. The van der Waals surface area contributed by atoms with E-state index in [0.29, 0.717) is 41.7 Å². The van der Waals surface area contributed by atoms with Crippen LogP contribution in [0.1, 0.15) is 33.6 Å². The van der Waals surface area contributed by atoms with Crippen LogP contribution < -0.4 is 24.8 Å². The Morgan fingerprint density at radius 2 is 1.71 bits per heavy atom. The summed E-state index contributed by atoms with van der Waals surface area (Å²) in [5, 5.41) is 15.1. The fraction of sp³-hybridized carbons (Fsp3) is 0.333. The molecule has 1 aliphatic rings. The standard InChI is InChI=1S/C24H27N5O5S/c1-32-17-8-6-16(7-9-17)25-21(30)23-28-27-22(35-23)15-5-4-12-29(14-15)24(31)26-19-13-18(33-2)10-11-20(19)34-3/h6-11,13,15H,4-5,12,14H2,1-3H3,(H,25,30)(H,26,31). The number of aromatic nitrogens is 2. The molecule has 1 saturated heterocycles. The highest BCUT2D eigenvalue weighted by Gasteiger charge is 2.28. The molecule has 3 amide bonds. The zero-order valence-corrected chi connectivity index (χ0v) is 20.6. The predicted octanol–water partition coefficient (Wildman–Crippen LogP) is 4.23. The maximum Gasteiger partial charge on any atom is 0.321 e. The molecule has 1 aliphatic heterocycles. The third-order valence-electron chi connectivity index (χ3n) is 5.69. The maximum atomic E-state index is 13.0. The number of nitrogens with one attached hydrogen (secondary N) is 2. The lowest BCUT2D eigenvalue weighted by Gasteiger charge is -2.31.